The number of hydrogen-bond donors (Lipinski definition) is 1. The number of nitriles is 1. The molecule has 1 unspecified atom stereocenters. The number of rotatable bonds is 3. The fourth-order valence-electron chi connectivity index (χ4n) is 2.35. The first-order chi connectivity index (χ1) is 10.2. The minimum atomic E-state index is -0.177. The van der Waals surface area contributed by atoms with Crippen molar-refractivity contribution >= 4 is 0 Å². The second-order valence-electron chi connectivity index (χ2n) is 5.30. The molecule has 0 spiro atoms. The van der Waals surface area contributed by atoms with Crippen molar-refractivity contribution in [1.82, 2.24) is 20.0 Å². The monoisotopic (exact) mass is 287 g/mol. The SMILES string of the molecule is CC(C)N1CCOC(c2noc(-c3ccc(C#N)[nH]3)n2)C1. The lowest BCUT2D eigenvalue weighted by Crippen LogP contribution is -2.42. The third-order valence-electron chi connectivity index (χ3n) is 3.59. The van der Waals surface area contributed by atoms with E-state index in [0.717, 1.165) is 13.1 Å². The van der Waals surface area contributed by atoms with Crippen molar-refractivity contribution in [2.24, 2.45) is 0 Å². The first-order valence-electron chi connectivity index (χ1n) is 6.96. The number of aromatic amines is 1. The lowest BCUT2D eigenvalue weighted by Gasteiger charge is -2.34. The average molecular weight is 287 g/mol. The Morgan fingerprint density at radius 1 is 1.48 bits per heavy atom. The van der Waals surface area contributed by atoms with Crippen LogP contribution >= 0.6 is 0 Å². The van der Waals surface area contributed by atoms with Gasteiger partial charge >= 0.3 is 0 Å². The van der Waals surface area contributed by atoms with Gasteiger partial charge in [-0.3, -0.25) is 4.90 Å². The standard InChI is InChI=1S/C14H17N5O2/c1-9(2)19-5-6-20-12(8-19)13-17-14(21-18-13)11-4-3-10(7-15)16-11/h3-4,9,12,16H,5-6,8H2,1-2H3. The van der Waals surface area contributed by atoms with Crippen LogP contribution in [0.5, 0.6) is 0 Å². The van der Waals surface area contributed by atoms with Crippen LogP contribution in [0.3, 0.4) is 0 Å². The van der Waals surface area contributed by atoms with Crippen molar-refractivity contribution in [1.29, 1.82) is 5.26 Å². The highest BCUT2D eigenvalue weighted by Gasteiger charge is 2.27. The largest absolute Gasteiger partial charge is 0.367 e. The Hall–Kier alpha value is -2.17. The van der Waals surface area contributed by atoms with Gasteiger partial charge in [0, 0.05) is 19.1 Å². The van der Waals surface area contributed by atoms with E-state index in [0.29, 0.717) is 35.8 Å². The van der Waals surface area contributed by atoms with Crippen molar-refractivity contribution < 1.29 is 9.26 Å². The first kappa shape index (κ1) is 13.8. The van der Waals surface area contributed by atoms with Gasteiger partial charge in [-0.05, 0) is 26.0 Å². The number of ether oxygens (including phenoxy) is 1. The van der Waals surface area contributed by atoms with E-state index in [-0.39, 0.29) is 6.10 Å². The zero-order chi connectivity index (χ0) is 14.8. The first-order valence-corrected chi connectivity index (χ1v) is 6.96. The fraction of sp³-hybridized carbons (Fsp3) is 0.500. The number of aromatic nitrogens is 3. The van der Waals surface area contributed by atoms with E-state index in [1.807, 2.05) is 6.07 Å². The molecule has 110 valence electrons. The molecule has 2 aromatic rings. The summed E-state index contributed by atoms with van der Waals surface area (Å²) in [4.78, 5) is 9.62. The number of nitrogens with zero attached hydrogens (tertiary/aromatic N) is 4. The van der Waals surface area contributed by atoms with Crippen molar-refractivity contribution in [3.05, 3.63) is 23.7 Å². The molecule has 21 heavy (non-hydrogen) atoms. The van der Waals surface area contributed by atoms with Crippen LogP contribution in [-0.2, 0) is 4.74 Å². The van der Waals surface area contributed by atoms with Crippen molar-refractivity contribution in [3.8, 4) is 17.7 Å². The van der Waals surface area contributed by atoms with Crippen LogP contribution in [0.25, 0.3) is 11.6 Å². The summed E-state index contributed by atoms with van der Waals surface area (Å²) in [5.41, 5.74) is 1.10. The van der Waals surface area contributed by atoms with Crippen molar-refractivity contribution in [2.75, 3.05) is 19.7 Å². The van der Waals surface area contributed by atoms with E-state index < -0.39 is 0 Å². The molecular weight excluding hydrogens is 270 g/mol. The van der Waals surface area contributed by atoms with Crippen molar-refractivity contribution in [2.45, 2.75) is 26.0 Å². The molecule has 7 nitrogen and oxygen atoms in total. The van der Waals surface area contributed by atoms with E-state index in [1.165, 1.54) is 0 Å². The zero-order valence-corrected chi connectivity index (χ0v) is 12.0. The molecule has 0 saturated carbocycles. The second-order valence-corrected chi connectivity index (χ2v) is 5.30. The molecule has 1 fully saturated rings. The summed E-state index contributed by atoms with van der Waals surface area (Å²) in [6.07, 6.45) is -0.177. The normalized spacial score (nSPS) is 19.8. The summed E-state index contributed by atoms with van der Waals surface area (Å²) in [5, 5.41) is 12.8. The molecular formula is C14H17N5O2. The lowest BCUT2D eigenvalue weighted by atomic mass is 10.2. The van der Waals surface area contributed by atoms with Gasteiger partial charge < -0.3 is 14.2 Å². The van der Waals surface area contributed by atoms with Crippen LogP contribution in [0.4, 0.5) is 0 Å². The van der Waals surface area contributed by atoms with Gasteiger partial charge in [-0.1, -0.05) is 5.16 Å². The smallest absolute Gasteiger partial charge is 0.274 e. The molecule has 1 atom stereocenters. The maximum atomic E-state index is 8.81. The molecule has 2 aromatic heterocycles. The molecule has 0 amide bonds. The number of nitrogens with one attached hydrogen (secondary N) is 1. The Labute approximate surface area is 122 Å². The highest BCUT2D eigenvalue weighted by molar-refractivity contribution is 5.49. The number of H-pyrrole nitrogens is 1. The van der Waals surface area contributed by atoms with Gasteiger partial charge in [0.05, 0.1) is 6.61 Å². The highest BCUT2D eigenvalue weighted by atomic mass is 16.5. The molecule has 3 rings (SSSR count). The molecule has 7 heteroatoms. The van der Waals surface area contributed by atoms with Crippen LogP contribution in [0, 0.1) is 11.3 Å². The molecule has 1 N–H and O–H groups in total. The third kappa shape index (κ3) is 2.82. The van der Waals surface area contributed by atoms with Crippen LogP contribution < -0.4 is 0 Å². The van der Waals surface area contributed by atoms with Gasteiger partial charge in [0.25, 0.3) is 5.89 Å². The van der Waals surface area contributed by atoms with Crippen molar-refractivity contribution in [3.63, 3.8) is 0 Å². The average Bonchev–Trinajstić information content (AvgIpc) is 3.16. The van der Waals surface area contributed by atoms with Gasteiger partial charge in [0.15, 0.2) is 0 Å². The Bertz CT molecular complexity index is 654. The van der Waals surface area contributed by atoms with E-state index in [1.54, 1.807) is 12.1 Å². The zero-order valence-electron chi connectivity index (χ0n) is 12.0. The van der Waals surface area contributed by atoms with E-state index in [4.69, 9.17) is 14.5 Å². The summed E-state index contributed by atoms with van der Waals surface area (Å²) in [6.45, 7) is 6.65. The molecule has 0 radical (unpaired) electrons. The topological polar surface area (TPSA) is 91.0 Å². The summed E-state index contributed by atoms with van der Waals surface area (Å²) >= 11 is 0. The van der Waals surface area contributed by atoms with Gasteiger partial charge in [-0.2, -0.15) is 10.2 Å². The van der Waals surface area contributed by atoms with Gasteiger partial charge in [0.2, 0.25) is 5.82 Å². The maximum absolute atomic E-state index is 8.81. The van der Waals surface area contributed by atoms with E-state index in [9.17, 15) is 0 Å². The summed E-state index contributed by atoms with van der Waals surface area (Å²) in [7, 11) is 0. The lowest BCUT2D eigenvalue weighted by molar-refractivity contribution is -0.0450. The van der Waals surface area contributed by atoms with Gasteiger partial charge in [-0.25, -0.2) is 0 Å². The van der Waals surface area contributed by atoms with Crippen LogP contribution in [-0.4, -0.2) is 45.8 Å². The number of morpholine rings is 1. The Morgan fingerprint density at radius 2 is 2.33 bits per heavy atom. The molecule has 3 heterocycles. The minimum Gasteiger partial charge on any atom is -0.367 e. The predicted molar refractivity (Wildman–Crippen MR) is 74.2 cm³/mol. The third-order valence-corrected chi connectivity index (χ3v) is 3.59. The fourth-order valence-corrected chi connectivity index (χ4v) is 2.35. The van der Waals surface area contributed by atoms with Crippen LogP contribution in [0.15, 0.2) is 16.7 Å². The molecule has 1 saturated heterocycles. The van der Waals surface area contributed by atoms with Gasteiger partial charge in [0.1, 0.15) is 23.6 Å². The molecule has 1 aliphatic heterocycles. The highest BCUT2D eigenvalue weighted by Crippen LogP contribution is 2.24. The summed E-state index contributed by atoms with van der Waals surface area (Å²) in [6, 6.07) is 5.92. The Kier molecular flexibility index (Phi) is 3.73. The number of hydrogen-bond acceptors (Lipinski definition) is 6. The molecule has 0 bridgehead atoms. The second kappa shape index (κ2) is 5.68. The Morgan fingerprint density at radius 3 is 3.05 bits per heavy atom. The van der Waals surface area contributed by atoms with Crippen LogP contribution in [0.2, 0.25) is 0 Å². The predicted octanol–water partition coefficient (Wildman–Crippen LogP) is 1.72. The van der Waals surface area contributed by atoms with Crippen LogP contribution in [0.1, 0.15) is 31.5 Å². The Balaban J connectivity index is 1.77. The molecule has 0 aromatic carbocycles. The maximum Gasteiger partial charge on any atom is 0.274 e. The quantitative estimate of drug-likeness (QED) is 0.924. The molecule has 1 aliphatic rings. The minimum absolute atomic E-state index is 0.177. The molecule has 0 aliphatic carbocycles. The van der Waals surface area contributed by atoms with E-state index >= 15 is 0 Å². The summed E-state index contributed by atoms with van der Waals surface area (Å²) < 4.78 is 11.0. The van der Waals surface area contributed by atoms with E-state index in [2.05, 4.69) is 33.9 Å². The summed E-state index contributed by atoms with van der Waals surface area (Å²) in [5.74, 6) is 0.917. The van der Waals surface area contributed by atoms with Gasteiger partial charge in [-0.15, -0.1) is 0 Å².